The predicted molar refractivity (Wildman–Crippen MR) is 123 cm³/mol. The Morgan fingerprint density at radius 1 is 1.21 bits per heavy atom. The first-order valence-corrected chi connectivity index (χ1v) is 12.7. The van der Waals surface area contributed by atoms with Crippen LogP contribution in [0.5, 0.6) is 0 Å². The summed E-state index contributed by atoms with van der Waals surface area (Å²) >= 11 is 0. The fraction of sp³-hybridized carbons (Fsp3) is 0.478. The van der Waals surface area contributed by atoms with E-state index in [1.54, 1.807) is 36.7 Å². The van der Waals surface area contributed by atoms with Crippen LogP contribution >= 0.6 is 0 Å². The first kappa shape index (κ1) is 24.1. The molecule has 182 valence electrons. The van der Waals surface area contributed by atoms with Crippen molar-refractivity contribution in [3.05, 3.63) is 41.3 Å². The maximum absolute atomic E-state index is 12.8. The van der Waals surface area contributed by atoms with E-state index >= 15 is 0 Å². The number of sulfonamides is 1. The molecule has 2 aliphatic rings. The Balaban J connectivity index is 1.34. The average molecular weight is 489 g/mol. The number of piperidine rings is 1. The molecule has 1 aromatic heterocycles. The van der Waals surface area contributed by atoms with Gasteiger partial charge in [0.1, 0.15) is 5.82 Å². The van der Waals surface area contributed by atoms with Crippen molar-refractivity contribution >= 4 is 33.4 Å². The second-order valence-electron chi connectivity index (χ2n) is 8.78. The van der Waals surface area contributed by atoms with Crippen LogP contribution in [0.25, 0.3) is 0 Å². The van der Waals surface area contributed by atoms with Crippen molar-refractivity contribution in [1.82, 2.24) is 13.9 Å². The molecule has 0 saturated carbocycles. The lowest BCUT2D eigenvalue weighted by atomic mass is 9.97. The van der Waals surface area contributed by atoms with E-state index < -0.39 is 28.0 Å². The molecule has 1 aromatic carbocycles. The summed E-state index contributed by atoms with van der Waals surface area (Å²) in [6.07, 6.45) is 2.04. The number of Topliss-reactive ketones (excluding diaryl/α,β-unsaturated/α-hetero) is 1. The lowest BCUT2D eigenvalue weighted by Crippen LogP contribution is -2.41. The van der Waals surface area contributed by atoms with Crippen LogP contribution in [0.1, 0.15) is 47.9 Å². The number of benzene rings is 1. The Bertz CT molecular complexity index is 1220. The van der Waals surface area contributed by atoms with Crippen LogP contribution in [0.3, 0.4) is 0 Å². The highest BCUT2D eigenvalue weighted by atomic mass is 32.2. The number of nitrogens with one attached hydrogen (secondary N) is 1. The summed E-state index contributed by atoms with van der Waals surface area (Å²) in [4.78, 5) is 41.1. The molecular weight excluding hydrogens is 460 g/mol. The fourth-order valence-corrected chi connectivity index (χ4v) is 5.70. The SMILES string of the molecule is Cc1nc(S(=O)(=O)N2CCC(C(=O)OC(C)C(=O)c3ccc4c(c3)CCC(=O)N4)CC2)cn1C. The van der Waals surface area contributed by atoms with Gasteiger partial charge in [-0.05, 0) is 56.9 Å². The van der Waals surface area contributed by atoms with Gasteiger partial charge >= 0.3 is 5.97 Å². The van der Waals surface area contributed by atoms with Crippen LogP contribution in [0.15, 0.2) is 29.4 Å². The fourth-order valence-electron chi connectivity index (χ4n) is 4.21. The summed E-state index contributed by atoms with van der Waals surface area (Å²) in [5.74, 6) is -0.761. The summed E-state index contributed by atoms with van der Waals surface area (Å²) < 4.78 is 34.1. The van der Waals surface area contributed by atoms with Gasteiger partial charge in [0.25, 0.3) is 10.0 Å². The van der Waals surface area contributed by atoms with Crippen LogP contribution in [0, 0.1) is 12.8 Å². The molecule has 1 saturated heterocycles. The van der Waals surface area contributed by atoms with Gasteiger partial charge in [-0.15, -0.1) is 0 Å². The van der Waals surface area contributed by atoms with Gasteiger partial charge in [-0.1, -0.05) is 0 Å². The third-order valence-electron chi connectivity index (χ3n) is 6.43. The molecule has 11 heteroatoms. The molecule has 34 heavy (non-hydrogen) atoms. The smallest absolute Gasteiger partial charge is 0.309 e. The number of imidazole rings is 1. The number of aromatic nitrogens is 2. The topological polar surface area (TPSA) is 128 Å². The second kappa shape index (κ2) is 9.30. The number of nitrogens with zero attached hydrogens (tertiary/aromatic N) is 3. The van der Waals surface area contributed by atoms with E-state index in [4.69, 9.17) is 4.74 Å². The minimum absolute atomic E-state index is 0.00244. The van der Waals surface area contributed by atoms with E-state index in [0.29, 0.717) is 42.8 Å². The molecule has 1 N–H and O–H groups in total. The maximum Gasteiger partial charge on any atom is 0.309 e. The van der Waals surface area contributed by atoms with Crippen molar-refractivity contribution in [1.29, 1.82) is 0 Å². The van der Waals surface area contributed by atoms with Crippen LogP contribution in [-0.2, 0) is 37.8 Å². The van der Waals surface area contributed by atoms with Crippen LogP contribution < -0.4 is 5.32 Å². The number of carbonyl (C=O) groups is 3. The number of ketones is 1. The monoisotopic (exact) mass is 488 g/mol. The molecule has 1 fully saturated rings. The summed E-state index contributed by atoms with van der Waals surface area (Å²) in [7, 11) is -2.00. The van der Waals surface area contributed by atoms with E-state index in [1.165, 1.54) is 17.4 Å². The highest BCUT2D eigenvalue weighted by Crippen LogP contribution is 2.26. The maximum atomic E-state index is 12.8. The highest BCUT2D eigenvalue weighted by molar-refractivity contribution is 7.89. The lowest BCUT2D eigenvalue weighted by molar-refractivity contribution is -0.152. The van der Waals surface area contributed by atoms with E-state index in [0.717, 1.165) is 5.56 Å². The predicted octanol–water partition coefficient (Wildman–Crippen LogP) is 1.83. The number of esters is 1. The van der Waals surface area contributed by atoms with E-state index in [-0.39, 0.29) is 29.8 Å². The third kappa shape index (κ3) is 4.76. The first-order chi connectivity index (χ1) is 16.1. The van der Waals surface area contributed by atoms with Crippen LogP contribution in [0.2, 0.25) is 0 Å². The molecule has 2 aliphatic heterocycles. The van der Waals surface area contributed by atoms with Gasteiger partial charge in [-0.2, -0.15) is 4.31 Å². The zero-order chi connectivity index (χ0) is 24.6. The first-order valence-electron chi connectivity index (χ1n) is 11.2. The minimum Gasteiger partial charge on any atom is -0.454 e. The zero-order valence-electron chi connectivity index (χ0n) is 19.4. The molecule has 0 aliphatic carbocycles. The van der Waals surface area contributed by atoms with Gasteiger partial charge in [0, 0.05) is 44.0 Å². The van der Waals surface area contributed by atoms with Crippen molar-refractivity contribution < 1.29 is 27.5 Å². The van der Waals surface area contributed by atoms with E-state index in [2.05, 4.69) is 10.3 Å². The van der Waals surface area contributed by atoms with Gasteiger partial charge in [0.2, 0.25) is 11.7 Å². The lowest BCUT2D eigenvalue weighted by Gasteiger charge is -2.30. The van der Waals surface area contributed by atoms with Crippen molar-refractivity contribution in [2.45, 2.75) is 50.7 Å². The minimum atomic E-state index is -3.73. The Hall–Kier alpha value is -3.05. The van der Waals surface area contributed by atoms with Gasteiger partial charge < -0.3 is 14.6 Å². The molecule has 1 amide bonds. The number of hydrogen-bond acceptors (Lipinski definition) is 7. The summed E-state index contributed by atoms with van der Waals surface area (Å²) in [6, 6.07) is 5.03. The normalized spacial score (nSPS) is 18.1. The van der Waals surface area contributed by atoms with E-state index in [1.807, 2.05) is 0 Å². The number of carbonyl (C=O) groups excluding carboxylic acids is 3. The van der Waals surface area contributed by atoms with Gasteiger partial charge in [0.05, 0.1) is 5.92 Å². The molecule has 0 bridgehead atoms. The number of amides is 1. The summed E-state index contributed by atoms with van der Waals surface area (Å²) in [5.41, 5.74) is 1.99. The highest BCUT2D eigenvalue weighted by Gasteiger charge is 2.35. The molecule has 1 atom stereocenters. The molecule has 10 nitrogen and oxygen atoms in total. The van der Waals surface area contributed by atoms with Gasteiger partial charge in [-0.25, -0.2) is 13.4 Å². The molecule has 3 heterocycles. The van der Waals surface area contributed by atoms with Gasteiger partial charge in [0.15, 0.2) is 11.1 Å². The molecule has 0 radical (unpaired) electrons. The zero-order valence-corrected chi connectivity index (χ0v) is 20.2. The van der Waals surface area contributed by atoms with Crippen molar-refractivity contribution in [2.24, 2.45) is 13.0 Å². The number of ether oxygens (including phenoxy) is 1. The Labute approximate surface area is 198 Å². The molecule has 0 spiro atoms. The Morgan fingerprint density at radius 3 is 2.56 bits per heavy atom. The van der Waals surface area contributed by atoms with Crippen LogP contribution in [-0.4, -0.2) is 59.1 Å². The van der Waals surface area contributed by atoms with Crippen molar-refractivity contribution in [2.75, 3.05) is 18.4 Å². The van der Waals surface area contributed by atoms with Crippen molar-refractivity contribution in [3.63, 3.8) is 0 Å². The number of hydrogen-bond donors (Lipinski definition) is 1. The van der Waals surface area contributed by atoms with Gasteiger partial charge in [-0.3, -0.25) is 14.4 Å². The number of aryl methyl sites for hydroxylation is 3. The number of rotatable bonds is 6. The quantitative estimate of drug-likeness (QED) is 0.485. The summed E-state index contributed by atoms with van der Waals surface area (Å²) in [6.45, 7) is 3.61. The Morgan fingerprint density at radius 2 is 1.91 bits per heavy atom. The van der Waals surface area contributed by atoms with Crippen LogP contribution in [0.4, 0.5) is 5.69 Å². The molecule has 1 unspecified atom stereocenters. The Kier molecular flexibility index (Phi) is 6.59. The second-order valence-corrected chi connectivity index (χ2v) is 10.7. The molecule has 2 aromatic rings. The van der Waals surface area contributed by atoms with Crippen molar-refractivity contribution in [3.8, 4) is 0 Å². The molecular formula is C23H28N4O6S. The average Bonchev–Trinajstić information content (AvgIpc) is 3.17. The van der Waals surface area contributed by atoms with E-state index in [9.17, 15) is 22.8 Å². The largest absolute Gasteiger partial charge is 0.454 e. The number of fused-ring (bicyclic) bond motifs is 1. The third-order valence-corrected chi connectivity index (χ3v) is 8.20. The summed E-state index contributed by atoms with van der Waals surface area (Å²) in [5, 5.41) is 2.77. The molecule has 4 rings (SSSR count). The standard InChI is InChI=1S/C23H28N4O6S/c1-14(22(29)18-4-6-19-17(12-18)5-7-20(28)25-19)33-23(30)16-8-10-27(11-9-16)34(31,32)21-13-26(3)15(2)24-21/h4,6,12-14,16H,5,7-11H2,1-3H3,(H,25,28). The number of anilines is 1.